The molecule has 0 unspecified atom stereocenters. The van der Waals surface area contributed by atoms with Gasteiger partial charge < -0.3 is 5.73 Å². The van der Waals surface area contributed by atoms with Gasteiger partial charge in [0.15, 0.2) is 0 Å². The van der Waals surface area contributed by atoms with Crippen molar-refractivity contribution in [3.8, 4) is 11.9 Å². The Morgan fingerprint density at radius 1 is 1.26 bits per heavy atom. The largest absolute Gasteiger partial charge is 0.369 e. The highest BCUT2D eigenvalue weighted by Gasteiger charge is 2.11. The lowest BCUT2D eigenvalue weighted by atomic mass is 10.2. The van der Waals surface area contributed by atoms with Gasteiger partial charge in [0.05, 0.1) is 28.9 Å². The molecule has 2 N–H and O–H groups in total. The Balaban J connectivity index is 2.30. The van der Waals surface area contributed by atoms with Crippen molar-refractivity contribution in [3.63, 3.8) is 0 Å². The minimum absolute atomic E-state index is 0.240. The molecule has 2 aromatic heterocycles. The van der Waals surface area contributed by atoms with Gasteiger partial charge in [-0.3, -0.25) is 4.57 Å². The summed E-state index contributed by atoms with van der Waals surface area (Å²) in [7, 11) is 0. The van der Waals surface area contributed by atoms with Crippen LogP contribution in [0.5, 0.6) is 0 Å². The van der Waals surface area contributed by atoms with Crippen molar-refractivity contribution in [1.29, 1.82) is 5.26 Å². The van der Waals surface area contributed by atoms with Gasteiger partial charge in [0.1, 0.15) is 11.6 Å². The Kier molecular flexibility index (Phi) is 2.39. The molecular weight excluding hydrogens is 245 g/mol. The average Bonchev–Trinajstić information content (AvgIpc) is 2.75. The van der Waals surface area contributed by atoms with E-state index in [0.29, 0.717) is 22.4 Å². The lowest BCUT2D eigenvalue weighted by molar-refractivity contribution is 0.620. The third-order valence-electron chi connectivity index (χ3n) is 2.75. The zero-order chi connectivity index (χ0) is 13.4. The minimum atomic E-state index is -0.426. The monoisotopic (exact) mass is 253 g/mol. The van der Waals surface area contributed by atoms with Gasteiger partial charge in [0.25, 0.3) is 0 Å². The quantitative estimate of drug-likeness (QED) is 0.719. The molecule has 2 heterocycles. The van der Waals surface area contributed by atoms with E-state index in [1.807, 2.05) is 0 Å². The number of aromatic nitrogens is 3. The number of rotatable bonds is 1. The fourth-order valence-electron chi connectivity index (χ4n) is 1.90. The third kappa shape index (κ3) is 1.77. The number of hydrogen-bond donors (Lipinski definition) is 1. The highest BCUT2D eigenvalue weighted by atomic mass is 19.1. The first-order chi connectivity index (χ1) is 9.19. The molecule has 0 saturated heterocycles. The summed E-state index contributed by atoms with van der Waals surface area (Å²) < 4.78 is 14.5. The molecule has 6 heteroatoms. The van der Waals surface area contributed by atoms with E-state index in [0.717, 1.165) is 6.20 Å². The fraction of sp³-hybridized carbons (Fsp3) is 0. The number of benzene rings is 1. The van der Waals surface area contributed by atoms with Crippen molar-refractivity contribution >= 4 is 17.0 Å². The molecule has 19 heavy (non-hydrogen) atoms. The summed E-state index contributed by atoms with van der Waals surface area (Å²) >= 11 is 0. The van der Waals surface area contributed by atoms with Crippen molar-refractivity contribution in [1.82, 2.24) is 14.5 Å². The van der Waals surface area contributed by atoms with E-state index in [1.54, 1.807) is 22.8 Å². The first-order valence-corrected chi connectivity index (χ1v) is 5.49. The van der Waals surface area contributed by atoms with Crippen LogP contribution in [0.3, 0.4) is 0 Å². The van der Waals surface area contributed by atoms with E-state index >= 15 is 0 Å². The maximum Gasteiger partial charge on any atom is 0.207 e. The minimum Gasteiger partial charge on any atom is -0.369 e. The van der Waals surface area contributed by atoms with E-state index in [1.165, 1.54) is 12.1 Å². The van der Waals surface area contributed by atoms with Crippen LogP contribution >= 0.6 is 0 Å². The number of nitriles is 1. The molecule has 0 aliphatic heterocycles. The molecule has 0 aliphatic rings. The highest BCUT2D eigenvalue weighted by molar-refractivity contribution is 5.81. The summed E-state index contributed by atoms with van der Waals surface area (Å²) in [6.07, 6.45) is 1.11. The van der Waals surface area contributed by atoms with Crippen molar-refractivity contribution in [2.24, 2.45) is 0 Å². The van der Waals surface area contributed by atoms with E-state index in [2.05, 4.69) is 16.0 Å². The zero-order valence-electron chi connectivity index (χ0n) is 9.71. The zero-order valence-corrected chi connectivity index (χ0v) is 9.71. The first-order valence-electron chi connectivity index (χ1n) is 5.49. The lowest BCUT2D eigenvalue weighted by Crippen LogP contribution is -2.02. The number of anilines is 1. The predicted molar refractivity (Wildman–Crippen MR) is 68.0 cm³/mol. The highest BCUT2D eigenvalue weighted by Crippen LogP contribution is 2.22. The number of nitrogen functional groups attached to an aromatic ring is 1. The van der Waals surface area contributed by atoms with Crippen LogP contribution in [0.15, 0.2) is 36.5 Å². The molecule has 3 aromatic rings. The summed E-state index contributed by atoms with van der Waals surface area (Å²) in [6.45, 7) is 0. The lowest BCUT2D eigenvalue weighted by Gasteiger charge is -2.04. The van der Waals surface area contributed by atoms with Crippen LogP contribution in [0.2, 0.25) is 0 Å². The van der Waals surface area contributed by atoms with Gasteiger partial charge in [-0.25, -0.2) is 14.4 Å². The Labute approximate surface area is 107 Å². The number of imidazole rings is 1. The molecule has 0 atom stereocenters. The molecule has 5 nitrogen and oxygen atoms in total. The Hall–Kier alpha value is -2.94. The van der Waals surface area contributed by atoms with E-state index < -0.39 is 5.82 Å². The van der Waals surface area contributed by atoms with Crippen molar-refractivity contribution < 1.29 is 4.39 Å². The number of nitrogens with two attached hydrogens (primary N) is 1. The van der Waals surface area contributed by atoms with Crippen LogP contribution in [-0.2, 0) is 0 Å². The molecule has 0 radical (unpaired) electrons. The van der Waals surface area contributed by atoms with Gasteiger partial charge in [0, 0.05) is 0 Å². The topological polar surface area (TPSA) is 80.5 Å². The average molecular weight is 253 g/mol. The molecule has 92 valence electrons. The SMILES string of the molecule is N#Cc1ccc2nc(N)n(-c3ccc(F)cn3)c2c1. The van der Waals surface area contributed by atoms with E-state index in [-0.39, 0.29) is 5.95 Å². The van der Waals surface area contributed by atoms with Crippen molar-refractivity contribution in [2.75, 3.05) is 5.73 Å². The molecule has 0 saturated carbocycles. The fourth-order valence-corrected chi connectivity index (χ4v) is 1.90. The van der Waals surface area contributed by atoms with Crippen LogP contribution in [-0.4, -0.2) is 14.5 Å². The van der Waals surface area contributed by atoms with Gasteiger partial charge in [-0.1, -0.05) is 0 Å². The molecular formula is C13H8FN5. The molecule has 0 aliphatic carbocycles. The number of fused-ring (bicyclic) bond motifs is 1. The van der Waals surface area contributed by atoms with Crippen molar-refractivity contribution in [2.45, 2.75) is 0 Å². The van der Waals surface area contributed by atoms with Crippen LogP contribution < -0.4 is 5.73 Å². The van der Waals surface area contributed by atoms with Crippen molar-refractivity contribution in [3.05, 3.63) is 47.9 Å². The molecule has 0 amide bonds. The first kappa shape index (κ1) is 11.2. The van der Waals surface area contributed by atoms with Crippen LogP contribution in [0.4, 0.5) is 10.3 Å². The van der Waals surface area contributed by atoms with Gasteiger partial charge in [-0.2, -0.15) is 5.26 Å². The maximum absolute atomic E-state index is 12.9. The number of pyridine rings is 1. The second-order valence-corrected chi connectivity index (χ2v) is 3.96. The van der Waals surface area contributed by atoms with E-state index in [9.17, 15) is 4.39 Å². The van der Waals surface area contributed by atoms with Crippen LogP contribution in [0.1, 0.15) is 5.56 Å². The van der Waals surface area contributed by atoms with Crippen LogP contribution in [0, 0.1) is 17.1 Å². The molecule has 0 spiro atoms. The van der Waals surface area contributed by atoms with E-state index in [4.69, 9.17) is 11.0 Å². The Morgan fingerprint density at radius 2 is 2.11 bits per heavy atom. The normalized spacial score (nSPS) is 10.5. The Bertz CT molecular complexity index is 798. The third-order valence-corrected chi connectivity index (χ3v) is 2.75. The summed E-state index contributed by atoms with van der Waals surface area (Å²) in [5.41, 5.74) is 7.66. The summed E-state index contributed by atoms with van der Waals surface area (Å²) in [5, 5.41) is 8.93. The predicted octanol–water partition coefficient (Wildman–Crippen LogP) is 2.01. The second-order valence-electron chi connectivity index (χ2n) is 3.96. The number of halogens is 1. The maximum atomic E-state index is 12.9. The molecule has 0 bridgehead atoms. The standard InChI is InChI=1S/C13H8FN5/c14-9-2-4-12(17-7-9)19-11-5-8(6-15)1-3-10(11)18-13(19)16/h1-5,7H,(H2,16,18). The second kappa shape index (κ2) is 4.07. The van der Waals surface area contributed by atoms with Gasteiger partial charge in [0.2, 0.25) is 5.95 Å². The summed E-state index contributed by atoms with van der Waals surface area (Å²) in [6, 6.07) is 9.90. The molecule has 3 rings (SSSR count). The number of nitrogens with zero attached hydrogens (tertiary/aromatic N) is 4. The van der Waals surface area contributed by atoms with Crippen LogP contribution in [0.25, 0.3) is 16.9 Å². The molecule has 0 fully saturated rings. The van der Waals surface area contributed by atoms with Gasteiger partial charge in [-0.15, -0.1) is 0 Å². The summed E-state index contributed by atoms with van der Waals surface area (Å²) in [5.74, 6) is 0.269. The van der Waals surface area contributed by atoms with Gasteiger partial charge >= 0.3 is 0 Å². The number of hydrogen-bond acceptors (Lipinski definition) is 4. The smallest absolute Gasteiger partial charge is 0.207 e. The molecule has 1 aromatic carbocycles. The van der Waals surface area contributed by atoms with Gasteiger partial charge in [-0.05, 0) is 30.3 Å². The summed E-state index contributed by atoms with van der Waals surface area (Å²) in [4.78, 5) is 8.16. The Morgan fingerprint density at radius 3 is 2.79 bits per heavy atom.